The van der Waals surface area contributed by atoms with Crippen LogP contribution in [0.25, 0.3) is 0 Å². The molecule has 0 unspecified atom stereocenters. The molecule has 0 aliphatic heterocycles. The van der Waals surface area contributed by atoms with Crippen molar-refractivity contribution in [3.63, 3.8) is 0 Å². The SMILES string of the molecule is COC(=O)c1sc(NC(=O)COC(=O)CCc2ccccc2OC)c(C(=O)OC)c1C. The van der Waals surface area contributed by atoms with Crippen molar-refractivity contribution in [3.05, 3.63) is 45.8 Å². The van der Waals surface area contributed by atoms with E-state index in [9.17, 15) is 19.2 Å². The minimum Gasteiger partial charge on any atom is -0.496 e. The lowest BCUT2D eigenvalue weighted by molar-refractivity contribution is -0.147. The van der Waals surface area contributed by atoms with Gasteiger partial charge in [-0.3, -0.25) is 9.59 Å². The first kappa shape index (κ1) is 23.9. The number of aryl methyl sites for hydroxylation is 1. The molecule has 0 saturated heterocycles. The number of hydrogen-bond acceptors (Lipinski definition) is 9. The lowest BCUT2D eigenvalue weighted by Gasteiger charge is -2.09. The summed E-state index contributed by atoms with van der Waals surface area (Å²) in [4.78, 5) is 48.4. The Labute approximate surface area is 183 Å². The van der Waals surface area contributed by atoms with Crippen LogP contribution in [0.5, 0.6) is 5.75 Å². The third-order valence-electron chi connectivity index (χ3n) is 4.32. The molecule has 9 nitrogen and oxygen atoms in total. The van der Waals surface area contributed by atoms with Gasteiger partial charge in [0.15, 0.2) is 6.61 Å². The number of ether oxygens (including phenoxy) is 4. The number of para-hydroxylation sites is 1. The zero-order valence-electron chi connectivity index (χ0n) is 17.6. The minimum absolute atomic E-state index is 0.0451. The number of thiophene rings is 1. The number of esters is 3. The molecule has 1 heterocycles. The lowest BCUT2D eigenvalue weighted by atomic mass is 10.1. The highest BCUT2D eigenvalue weighted by molar-refractivity contribution is 7.18. The van der Waals surface area contributed by atoms with Gasteiger partial charge in [0.2, 0.25) is 0 Å². The topological polar surface area (TPSA) is 117 Å². The largest absolute Gasteiger partial charge is 0.496 e. The molecule has 1 N–H and O–H groups in total. The van der Waals surface area contributed by atoms with Crippen LogP contribution in [-0.2, 0) is 30.2 Å². The van der Waals surface area contributed by atoms with E-state index in [4.69, 9.17) is 18.9 Å². The second-order valence-electron chi connectivity index (χ2n) is 6.26. The molecule has 0 aliphatic carbocycles. The van der Waals surface area contributed by atoms with Gasteiger partial charge in [0.25, 0.3) is 5.91 Å². The summed E-state index contributed by atoms with van der Waals surface area (Å²) < 4.78 is 19.7. The number of benzene rings is 1. The number of rotatable bonds is 9. The van der Waals surface area contributed by atoms with Gasteiger partial charge in [0.05, 0.1) is 26.9 Å². The van der Waals surface area contributed by atoms with Crippen molar-refractivity contribution < 1.29 is 38.1 Å². The van der Waals surface area contributed by atoms with Crippen molar-refractivity contribution >= 4 is 40.2 Å². The third kappa shape index (κ3) is 6.05. The lowest BCUT2D eigenvalue weighted by Crippen LogP contribution is -2.21. The molecular formula is C21H23NO8S. The molecule has 0 aliphatic rings. The highest BCUT2D eigenvalue weighted by atomic mass is 32.1. The van der Waals surface area contributed by atoms with E-state index in [1.165, 1.54) is 14.2 Å². The van der Waals surface area contributed by atoms with Crippen LogP contribution in [0.4, 0.5) is 5.00 Å². The molecule has 1 aromatic carbocycles. The van der Waals surface area contributed by atoms with E-state index >= 15 is 0 Å². The van der Waals surface area contributed by atoms with Crippen LogP contribution in [-0.4, -0.2) is 51.8 Å². The smallest absolute Gasteiger partial charge is 0.348 e. The Morgan fingerprint density at radius 2 is 1.68 bits per heavy atom. The van der Waals surface area contributed by atoms with Crippen LogP contribution >= 0.6 is 11.3 Å². The summed E-state index contributed by atoms with van der Waals surface area (Å²) >= 11 is 0.875. The zero-order chi connectivity index (χ0) is 23.0. The molecule has 10 heteroatoms. The molecule has 0 bridgehead atoms. The highest BCUT2D eigenvalue weighted by Gasteiger charge is 2.27. The summed E-state index contributed by atoms with van der Waals surface area (Å²) in [5, 5.41) is 2.60. The number of hydrogen-bond donors (Lipinski definition) is 1. The van der Waals surface area contributed by atoms with E-state index in [0.717, 1.165) is 16.9 Å². The standard InChI is InChI=1S/C21H23NO8S/c1-12-17(20(25)28-3)19(31-18(12)21(26)29-4)22-15(23)11-30-16(24)10-9-13-7-5-6-8-14(13)27-2/h5-8H,9-11H2,1-4H3,(H,22,23). The van der Waals surface area contributed by atoms with Gasteiger partial charge in [-0.25, -0.2) is 9.59 Å². The maximum Gasteiger partial charge on any atom is 0.348 e. The average Bonchev–Trinajstić information content (AvgIpc) is 3.10. The normalized spacial score (nSPS) is 10.2. The Bertz CT molecular complexity index is 982. The first-order valence-corrected chi connectivity index (χ1v) is 10.0. The summed E-state index contributed by atoms with van der Waals surface area (Å²) in [6.07, 6.45) is 0.454. The molecule has 0 spiro atoms. The first-order valence-electron chi connectivity index (χ1n) is 9.19. The van der Waals surface area contributed by atoms with Crippen molar-refractivity contribution in [2.75, 3.05) is 33.3 Å². The summed E-state index contributed by atoms with van der Waals surface area (Å²) in [6, 6.07) is 7.29. The first-order chi connectivity index (χ1) is 14.8. The van der Waals surface area contributed by atoms with E-state index in [0.29, 0.717) is 17.7 Å². The van der Waals surface area contributed by atoms with Gasteiger partial charge >= 0.3 is 17.9 Å². The van der Waals surface area contributed by atoms with Crippen molar-refractivity contribution in [3.8, 4) is 5.75 Å². The molecule has 31 heavy (non-hydrogen) atoms. The van der Waals surface area contributed by atoms with Gasteiger partial charge in [0.1, 0.15) is 15.6 Å². The Kier molecular flexibility index (Phi) is 8.56. The molecule has 2 rings (SSSR count). The van der Waals surface area contributed by atoms with E-state index < -0.39 is 30.4 Å². The Hall–Kier alpha value is -3.40. The number of carbonyl (C=O) groups is 4. The molecule has 0 atom stereocenters. The van der Waals surface area contributed by atoms with Crippen molar-refractivity contribution in [1.82, 2.24) is 0 Å². The minimum atomic E-state index is -0.715. The fourth-order valence-corrected chi connectivity index (χ4v) is 3.89. The van der Waals surface area contributed by atoms with Gasteiger partial charge in [-0.15, -0.1) is 11.3 Å². The molecule has 2 aromatic rings. The van der Waals surface area contributed by atoms with Gasteiger partial charge in [-0.05, 0) is 30.5 Å². The van der Waals surface area contributed by atoms with Crippen molar-refractivity contribution in [1.29, 1.82) is 0 Å². The fraction of sp³-hybridized carbons (Fsp3) is 0.333. The number of nitrogens with one attached hydrogen (secondary N) is 1. The summed E-state index contributed by atoms with van der Waals surface area (Å²) in [5.74, 6) is -1.91. The third-order valence-corrected chi connectivity index (χ3v) is 5.50. The maximum absolute atomic E-state index is 12.2. The van der Waals surface area contributed by atoms with Crippen LogP contribution in [0.15, 0.2) is 24.3 Å². The molecule has 0 fully saturated rings. The summed E-state index contributed by atoms with van der Waals surface area (Å²) in [7, 11) is 3.94. The fourth-order valence-electron chi connectivity index (χ4n) is 2.76. The number of carbonyl (C=O) groups excluding carboxylic acids is 4. The summed E-state index contributed by atoms with van der Waals surface area (Å²) in [5.41, 5.74) is 1.22. The quantitative estimate of drug-likeness (QED) is 0.459. The molecule has 166 valence electrons. The number of methoxy groups -OCH3 is 3. The molecular weight excluding hydrogens is 426 g/mol. The maximum atomic E-state index is 12.2. The van der Waals surface area contributed by atoms with E-state index in [2.05, 4.69) is 5.32 Å². The second kappa shape index (κ2) is 11.1. The molecule has 0 saturated carbocycles. The average molecular weight is 449 g/mol. The van der Waals surface area contributed by atoms with Gasteiger partial charge in [-0.1, -0.05) is 18.2 Å². The Morgan fingerprint density at radius 3 is 2.32 bits per heavy atom. The Morgan fingerprint density at radius 1 is 1.00 bits per heavy atom. The number of amides is 1. The van der Waals surface area contributed by atoms with Crippen LogP contribution in [0, 0.1) is 6.92 Å². The predicted octanol–water partition coefficient (Wildman–Crippen LogP) is 2.75. The second-order valence-corrected chi connectivity index (χ2v) is 7.28. The molecule has 1 amide bonds. The van der Waals surface area contributed by atoms with E-state index in [-0.39, 0.29) is 21.9 Å². The van der Waals surface area contributed by atoms with Crippen LogP contribution in [0.1, 0.15) is 37.6 Å². The van der Waals surface area contributed by atoms with Crippen LogP contribution < -0.4 is 10.1 Å². The van der Waals surface area contributed by atoms with Gasteiger partial charge in [0, 0.05) is 6.42 Å². The monoisotopic (exact) mass is 449 g/mol. The van der Waals surface area contributed by atoms with E-state index in [1.54, 1.807) is 20.1 Å². The van der Waals surface area contributed by atoms with Crippen LogP contribution in [0.3, 0.4) is 0 Å². The van der Waals surface area contributed by atoms with Crippen LogP contribution in [0.2, 0.25) is 0 Å². The van der Waals surface area contributed by atoms with E-state index in [1.807, 2.05) is 18.2 Å². The van der Waals surface area contributed by atoms with Crippen molar-refractivity contribution in [2.24, 2.45) is 0 Å². The highest BCUT2D eigenvalue weighted by Crippen LogP contribution is 2.34. The zero-order valence-corrected chi connectivity index (χ0v) is 18.4. The van der Waals surface area contributed by atoms with Gasteiger partial charge < -0.3 is 24.3 Å². The summed E-state index contributed by atoms with van der Waals surface area (Å²) in [6.45, 7) is 0.998. The van der Waals surface area contributed by atoms with Crippen molar-refractivity contribution in [2.45, 2.75) is 19.8 Å². The van der Waals surface area contributed by atoms with Gasteiger partial charge in [-0.2, -0.15) is 0 Å². The number of anilines is 1. The Balaban J connectivity index is 1.98. The predicted molar refractivity (Wildman–Crippen MR) is 113 cm³/mol. The molecule has 0 radical (unpaired) electrons. The molecule has 1 aromatic heterocycles.